The molecule has 2 fully saturated rings. The minimum Gasteiger partial charge on any atom is -0.468 e. The maximum absolute atomic E-state index is 12.1. The maximum Gasteiger partial charge on any atom is 0.326 e. The number of fused-ring (bicyclic) bond motifs is 2. The Morgan fingerprint density at radius 3 is 3.18 bits per heavy atom. The number of carbonyl (C=O) groups excluding carboxylic acids is 2. The predicted molar refractivity (Wildman–Crippen MR) is 61.4 cm³/mol. The van der Waals surface area contributed by atoms with Gasteiger partial charge in [-0.25, -0.2) is 0 Å². The molecule has 0 bridgehead atoms. The van der Waals surface area contributed by atoms with Crippen LogP contribution in [0.5, 0.6) is 0 Å². The van der Waals surface area contributed by atoms with Gasteiger partial charge in [-0.2, -0.15) is 0 Å². The van der Waals surface area contributed by atoms with Crippen molar-refractivity contribution in [2.45, 2.75) is 31.2 Å². The Hall–Kier alpha value is -1.16. The van der Waals surface area contributed by atoms with Gasteiger partial charge in [-0.1, -0.05) is 0 Å². The van der Waals surface area contributed by atoms with Crippen LogP contribution in [-0.4, -0.2) is 42.4 Å². The second-order valence-corrected chi connectivity index (χ2v) is 5.34. The molecule has 0 aromatic heterocycles. The summed E-state index contributed by atoms with van der Waals surface area (Å²) >= 11 is 0. The van der Waals surface area contributed by atoms with Gasteiger partial charge in [0.1, 0.15) is 5.54 Å². The van der Waals surface area contributed by atoms with Crippen LogP contribution in [0.1, 0.15) is 25.7 Å². The van der Waals surface area contributed by atoms with E-state index in [1.807, 2.05) is 0 Å². The first kappa shape index (κ1) is 11.0. The highest BCUT2D eigenvalue weighted by molar-refractivity contribution is 5.94. The van der Waals surface area contributed by atoms with Crippen LogP contribution in [0.4, 0.5) is 0 Å². The third-order valence-electron chi connectivity index (χ3n) is 4.46. The van der Waals surface area contributed by atoms with Gasteiger partial charge in [0, 0.05) is 13.0 Å². The second kappa shape index (κ2) is 3.67. The molecular formula is C13H17NO3. The first-order valence-electron chi connectivity index (χ1n) is 6.22. The summed E-state index contributed by atoms with van der Waals surface area (Å²) in [7, 11) is 1.46. The van der Waals surface area contributed by atoms with Gasteiger partial charge in [0.25, 0.3) is 0 Å². The fraction of sp³-hybridized carbons (Fsp3) is 0.692. The van der Waals surface area contributed by atoms with Crippen LogP contribution in [0.15, 0.2) is 11.6 Å². The van der Waals surface area contributed by atoms with Crippen LogP contribution in [-0.2, 0) is 14.3 Å². The number of hydrogen-bond donors (Lipinski definition) is 0. The topological polar surface area (TPSA) is 46.6 Å². The van der Waals surface area contributed by atoms with Crippen molar-refractivity contribution in [2.24, 2.45) is 5.92 Å². The summed E-state index contributed by atoms with van der Waals surface area (Å²) in [6, 6.07) is 0. The molecule has 0 amide bonds. The number of hydrogen-bond acceptors (Lipinski definition) is 4. The van der Waals surface area contributed by atoms with Gasteiger partial charge >= 0.3 is 5.97 Å². The Labute approximate surface area is 101 Å². The number of nitrogens with zero attached hydrogens (tertiary/aromatic N) is 1. The van der Waals surface area contributed by atoms with Gasteiger partial charge in [-0.15, -0.1) is 0 Å². The molecule has 3 aliphatic rings. The van der Waals surface area contributed by atoms with Gasteiger partial charge in [-0.3, -0.25) is 14.5 Å². The first-order valence-corrected chi connectivity index (χ1v) is 6.22. The van der Waals surface area contributed by atoms with Gasteiger partial charge < -0.3 is 4.74 Å². The number of methoxy groups -OCH3 is 1. The molecule has 0 spiro atoms. The third-order valence-corrected chi connectivity index (χ3v) is 4.46. The quantitative estimate of drug-likeness (QED) is 0.634. The third kappa shape index (κ3) is 1.47. The standard InChI is InChI=1S/C13H17NO3/c1-17-12(16)13-3-2-4-14(13)8-10-6-11(15)5-9(10)7-13/h6,9H,2-5,7-8H2,1H3/t9?,13-/m1/s1. The van der Waals surface area contributed by atoms with E-state index < -0.39 is 5.54 Å². The Kier molecular flexibility index (Phi) is 2.36. The van der Waals surface area contributed by atoms with E-state index in [2.05, 4.69) is 4.90 Å². The Morgan fingerprint density at radius 2 is 2.41 bits per heavy atom. The average molecular weight is 235 g/mol. The lowest BCUT2D eigenvalue weighted by molar-refractivity contribution is -0.155. The van der Waals surface area contributed by atoms with Crippen molar-refractivity contribution in [1.82, 2.24) is 4.90 Å². The molecule has 4 heteroatoms. The van der Waals surface area contributed by atoms with E-state index in [-0.39, 0.29) is 17.7 Å². The zero-order valence-corrected chi connectivity index (χ0v) is 10.1. The lowest BCUT2D eigenvalue weighted by Crippen LogP contribution is -2.56. The number of piperidine rings is 1. The molecular weight excluding hydrogens is 218 g/mol. The molecule has 0 aromatic rings. The van der Waals surface area contributed by atoms with E-state index >= 15 is 0 Å². The van der Waals surface area contributed by atoms with E-state index in [4.69, 9.17) is 4.74 Å². The monoisotopic (exact) mass is 235 g/mol. The Morgan fingerprint density at radius 1 is 1.59 bits per heavy atom. The summed E-state index contributed by atoms with van der Waals surface area (Å²) in [5, 5.41) is 0. The van der Waals surface area contributed by atoms with Crippen molar-refractivity contribution < 1.29 is 14.3 Å². The van der Waals surface area contributed by atoms with Crippen molar-refractivity contribution >= 4 is 11.8 Å². The maximum atomic E-state index is 12.1. The van der Waals surface area contributed by atoms with Crippen LogP contribution in [0.3, 0.4) is 0 Å². The first-order chi connectivity index (χ1) is 8.15. The van der Waals surface area contributed by atoms with E-state index in [0.717, 1.165) is 32.4 Å². The minimum atomic E-state index is -0.443. The van der Waals surface area contributed by atoms with Crippen molar-refractivity contribution in [1.29, 1.82) is 0 Å². The molecule has 2 saturated heterocycles. The van der Waals surface area contributed by atoms with Crippen LogP contribution < -0.4 is 0 Å². The fourth-order valence-electron chi connectivity index (χ4n) is 3.66. The SMILES string of the molecule is COC(=O)[C@]12CCCN1CC1=CC(=O)CC1C2. The zero-order valence-electron chi connectivity index (χ0n) is 10.1. The molecule has 1 aliphatic carbocycles. The van der Waals surface area contributed by atoms with Crippen LogP contribution in [0.25, 0.3) is 0 Å². The molecule has 0 saturated carbocycles. The van der Waals surface area contributed by atoms with E-state index in [0.29, 0.717) is 6.42 Å². The lowest BCUT2D eigenvalue weighted by Gasteiger charge is -2.43. The highest BCUT2D eigenvalue weighted by atomic mass is 16.5. The summed E-state index contributed by atoms with van der Waals surface area (Å²) in [5.41, 5.74) is 0.776. The van der Waals surface area contributed by atoms with Crippen LogP contribution >= 0.6 is 0 Å². The number of allylic oxidation sites excluding steroid dienone is 1. The number of ketones is 1. The van der Waals surface area contributed by atoms with Crippen molar-refractivity contribution in [2.75, 3.05) is 20.2 Å². The predicted octanol–water partition coefficient (Wildman–Crippen LogP) is 0.913. The lowest BCUT2D eigenvalue weighted by atomic mass is 9.78. The van der Waals surface area contributed by atoms with Crippen LogP contribution in [0.2, 0.25) is 0 Å². The molecule has 2 atom stereocenters. The normalized spacial score (nSPS) is 36.4. The van der Waals surface area contributed by atoms with E-state index in [9.17, 15) is 9.59 Å². The molecule has 0 N–H and O–H groups in total. The highest BCUT2D eigenvalue weighted by Crippen LogP contribution is 2.45. The van der Waals surface area contributed by atoms with Gasteiger partial charge in [0.2, 0.25) is 0 Å². The average Bonchev–Trinajstić information content (AvgIpc) is 2.86. The number of esters is 1. The summed E-state index contributed by atoms with van der Waals surface area (Å²) in [6.07, 6.45) is 5.05. The molecule has 3 rings (SSSR count). The summed E-state index contributed by atoms with van der Waals surface area (Å²) in [4.78, 5) is 25.7. The van der Waals surface area contributed by atoms with Gasteiger partial charge in [-0.05, 0) is 43.4 Å². The molecule has 2 aliphatic heterocycles. The summed E-state index contributed by atoms with van der Waals surface area (Å²) in [5.74, 6) is 0.371. The van der Waals surface area contributed by atoms with E-state index in [1.54, 1.807) is 6.08 Å². The van der Waals surface area contributed by atoms with Crippen LogP contribution in [0, 0.1) is 5.92 Å². The largest absolute Gasteiger partial charge is 0.468 e. The molecule has 0 radical (unpaired) electrons. The molecule has 4 nitrogen and oxygen atoms in total. The number of ether oxygens (including phenoxy) is 1. The van der Waals surface area contributed by atoms with E-state index in [1.165, 1.54) is 12.7 Å². The number of rotatable bonds is 1. The zero-order chi connectivity index (χ0) is 12.0. The molecule has 17 heavy (non-hydrogen) atoms. The minimum absolute atomic E-state index is 0.117. The highest BCUT2D eigenvalue weighted by Gasteiger charge is 2.53. The molecule has 0 aromatic carbocycles. The Balaban J connectivity index is 1.92. The van der Waals surface area contributed by atoms with Gasteiger partial charge in [0.15, 0.2) is 5.78 Å². The summed E-state index contributed by atoms with van der Waals surface area (Å²) in [6.45, 7) is 1.71. The summed E-state index contributed by atoms with van der Waals surface area (Å²) < 4.78 is 4.98. The molecule has 2 heterocycles. The molecule has 1 unspecified atom stereocenters. The van der Waals surface area contributed by atoms with Crippen molar-refractivity contribution in [3.05, 3.63) is 11.6 Å². The molecule has 92 valence electrons. The second-order valence-electron chi connectivity index (χ2n) is 5.34. The van der Waals surface area contributed by atoms with Crippen molar-refractivity contribution in [3.8, 4) is 0 Å². The van der Waals surface area contributed by atoms with Crippen molar-refractivity contribution in [3.63, 3.8) is 0 Å². The Bertz CT molecular complexity index is 415. The fourth-order valence-corrected chi connectivity index (χ4v) is 3.66. The number of carbonyl (C=O) groups is 2. The smallest absolute Gasteiger partial charge is 0.326 e. The van der Waals surface area contributed by atoms with Gasteiger partial charge in [0.05, 0.1) is 7.11 Å².